The molecular formula is C4H5N3O4P+. The van der Waals surface area contributed by atoms with Crippen molar-refractivity contribution in [3.05, 3.63) is 22.7 Å². The van der Waals surface area contributed by atoms with Crippen LogP contribution in [-0.4, -0.2) is 14.6 Å². The van der Waals surface area contributed by atoms with Crippen LogP contribution in [0.2, 0.25) is 0 Å². The van der Waals surface area contributed by atoms with E-state index < -0.39 is 13.9 Å². The van der Waals surface area contributed by atoms with Crippen LogP contribution in [0.25, 0.3) is 0 Å². The van der Waals surface area contributed by atoms with Gasteiger partial charge in [-0.3, -0.25) is 0 Å². The van der Waals surface area contributed by atoms with E-state index in [1.165, 1.54) is 6.07 Å². The summed E-state index contributed by atoms with van der Waals surface area (Å²) in [5.74, 6) is 0.0213. The maximum atomic E-state index is 10.8. The predicted molar refractivity (Wildman–Crippen MR) is 39.3 cm³/mol. The number of anilines is 1. The monoisotopic (exact) mass is 190 g/mol. The van der Waals surface area contributed by atoms with Crippen LogP contribution >= 0.6 is 8.25 Å². The Labute approximate surface area is 67.3 Å². The molecule has 3 N–H and O–H groups in total. The molecule has 1 aromatic heterocycles. The smallest absolute Gasteiger partial charge is 0.383 e. The summed E-state index contributed by atoms with van der Waals surface area (Å²) < 4.78 is 14.8. The molecule has 0 saturated heterocycles. The van der Waals surface area contributed by atoms with Crippen LogP contribution < -0.4 is 16.0 Å². The van der Waals surface area contributed by atoms with Crippen molar-refractivity contribution in [1.82, 2.24) is 9.71 Å². The van der Waals surface area contributed by atoms with E-state index in [1.807, 2.05) is 0 Å². The van der Waals surface area contributed by atoms with Gasteiger partial charge in [0.1, 0.15) is 5.82 Å². The summed E-state index contributed by atoms with van der Waals surface area (Å²) in [7, 11) is -2.87. The average molecular weight is 190 g/mol. The van der Waals surface area contributed by atoms with Gasteiger partial charge in [-0.15, -0.1) is 9.52 Å². The number of nitrogens with zero attached hydrogens (tertiary/aromatic N) is 2. The van der Waals surface area contributed by atoms with Gasteiger partial charge in [0.15, 0.2) is 0 Å². The van der Waals surface area contributed by atoms with Gasteiger partial charge in [0.2, 0.25) is 0 Å². The summed E-state index contributed by atoms with van der Waals surface area (Å²) in [5, 5.41) is 0. The van der Waals surface area contributed by atoms with Crippen LogP contribution in [0.1, 0.15) is 0 Å². The van der Waals surface area contributed by atoms with Crippen molar-refractivity contribution >= 4 is 14.1 Å². The van der Waals surface area contributed by atoms with Crippen molar-refractivity contribution in [3.8, 4) is 0 Å². The van der Waals surface area contributed by atoms with Crippen molar-refractivity contribution in [2.45, 2.75) is 0 Å². The molecule has 0 bridgehead atoms. The van der Waals surface area contributed by atoms with Gasteiger partial charge in [0.25, 0.3) is 0 Å². The molecule has 12 heavy (non-hydrogen) atoms. The molecule has 7 nitrogen and oxygen atoms in total. The molecule has 1 atom stereocenters. The van der Waals surface area contributed by atoms with E-state index in [2.05, 4.69) is 9.61 Å². The van der Waals surface area contributed by atoms with E-state index in [9.17, 15) is 9.36 Å². The zero-order chi connectivity index (χ0) is 9.14. The lowest BCUT2D eigenvalue weighted by Crippen LogP contribution is -2.25. The summed E-state index contributed by atoms with van der Waals surface area (Å²) in [6.07, 6.45) is 1.11. The van der Waals surface area contributed by atoms with E-state index >= 15 is 0 Å². The Balaban J connectivity index is 3.02. The van der Waals surface area contributed by atoms with Crippen molar-refractivity contribution in [3.63, 3.8) is 0 Å². The molecule has 0 saturated carbocycles. The molecule has 0 amide bonds. The van der Waals surface area contributed by atoms with E-state index in [-0.39, 0.29) is 5.82 Å². The van der Waals surface area contributed by atoms with Crippen LogP contribution in [-0.2, 0) is 4.57 Å². The Morgan fingerprint density at radius 2 is 2.42 bits per heavy atom. The lowest BCUT2D eigenvalue weighted by molar-refractivity contribution is 0.235. The molecule has 1 unspecified atom stereocenters. The van der Waals surface area contributed by atoms with E-state index in [0.717, 1.165) is 6.20 Å². The third-order valence-electron chi connectivity index (χ3n) is 0.952. The van der Waals surface area contributed by atoms with Gasteiger partial charge in [-0.05, 0) is 0 Å². The highest BCUT2D eigenvalue weighted by atomic mass is 31.1. The Kier molecular flexibility index (Phi) is 2.37. The fourth-order valence-corrected chi connectivity index (χ4v) is 0.817. The Morgan fingerprint density at radius 1 is 1.75 bits per heavy atom. The highest BCUT2D eigenvalue weighted by molar-refractivity contribution is 7.32. The molecule has 0 fully saturated rings. The highest BCUT2D eigenvalue weighted by Crippen LogP contribution is 2.07. The van der Waals surface area contributed by atoms with Crippen LogP contribution in [0.15, 0.2) is 17.1 Å². The van der Waals surface area contributed by atoms with Crippen molar-refractivity contribution in [2.75, 3.05) is 5.73 Å². The third-order valence-corrected chi connectivity index (χ3v) is 1.27. The fourth-order valence-electron chi connectivity index (χ4n) is 0.542. The maximum absolute atomic E-state index is 10.8. The lowest BCUT2D eigenvalue weighted by atomic mass is 10.6. The first-order valence-electron chi connectivity index (χ1n) is 2.79. The molecule has 8 heteroatoms. The van der Waals surface area contributed by atoms with E-state index in [1.54, 1.807) is 0 Å². The second-order valence-electron chi connectivity index (χ2n) is 1.78. The van der Waals surface area contributed by atoms with Gasteiger partial charge < -0.3 is 5.73 Å². The Hall–Kier alpha value is -1.46. The standard InChI is InChI=1S/C4H4N3O4P/c5-3-1-2-7(4(8)6-3)11-12(9)10/h1-2H,(H2-,5,6,8,9,10)/p+1. The summed E-state index contributed by atoms with van der Waals surface area (Å²) in [6.45, 7) is 0. The number of rotatable bonds is 2. The van der Waals surface area contributed by atoms with E-state index in [4.69, 9.17) is 10.6 Å². The van der Waals surface area contributed by atoms with Gasteiger partial charge in [-0.2, -0.15) is 4.98 Å². The first kappa shape index (κ1) is 8.63. The van der Waals surface area contributed by atoms with E-state index in [0.29, 0.717) is 4.73 Å². The minimum Gasteiger partial charge on any atom is -0.383 e. The molecular weight excluding hydrogens is 185 g/mol. The van der Waals surface area contributed by atoms with Crippen LogP contribution in [0.5, 0.6) is 0 Å². The molecule has 0 aromatic carbocycles. The number of hydrogen-bond acceptors (Lipinski definition) is 5. The van der Waals surface area contributed by atoms with Gasteiger partial charge >= 0.3 is 13.9 Å². The first-order chi connectivity index (χ1) is 5.59. The summed E-state index contributed by atoms with van der Waals surface area (Å²) in [6, 6.07) is 1.26. The highest BCUT2D eigenvalue weighted by Gasteiger charge is 2.15. The lowest BCUT2D eigenvalue weighted by Gasteiger charge is -1.93. The van der Waals surface area contributed by atoms with Gasteiger partial charge in [0.05, 0.1) is 6.20 Å². The SMILES string of the molecule is Nc1ccn(O[P+](=O)O)c(=O)n1. The van der Waals surface area contributed by atoms with Gasteiger partial charge in [-0.25, -0.2) is 4.79 Å². The third kappa shape index (κ3) is 2.01. The molecule has 1 heterocycles. The maximum Gasteiger partial charge on any atom is 0.768 e. The van der Waals surface area contributed by atoms with Crippen molar-refractivity contribution in [1.29, 1.82) is 0 Å². The number of hydrogen-bond donors (Lipinski definition) is 2. The average Bonchev–Trinajstić information content (AvgIpc) is 1.94. The minimum absolute atomic E-state index is 0.0213. The molecule has 0 aliphatic carbocycles. The molecule has 1 aromatic rings. The molecule has 0 spiro atoms. The number of nitrogen functional groups attached to an aromatic ring is 1. The second-order valence-corrected chi connectivity index (χ2v) is 2.42. The predicted octanol–water partition coefficient (Wildman–Crippen LogP) is -1.10. The van der Waals surface area contributed by atoms with Crippen LogP contribution in [0.4, 0.5) is 5.82 Å². The van der Waals surface area contributed by atoms with Crippen molar-refractivity contribution in [2.24, 2.45) is 0 Å². The summed E-state index contributed by atoms with van der Waals surface area (Å²) in [5.41, 5.74) is 4.30. The molecule has 0 aliphatic rings. The zero-order valence-corrected chi connectivity index (χ0v) is 6.64. The fraction of sp³-hybridized carbons (Fsp3) is 0. The number of aromatic nitrogens is 2. The first-order valence-corrected chi connectivity index (χ1v) is 3.92. The largest absolute Gasteiger partial charge is 0.768 e. The quantitative estimate of drug-likeness (QED) is 0.573. The number of nitrogens with two attached hydrogens (primary N) is 1. The minimum atomic E-state index is -2.87. The van der Waals surface area contributed by atoms with Crippen molar-refractivity contribution < 1.29 is 14.1 Å². The van der Waals surface area contributed by atoms with Gasteiger partial charge in [0, 0.05) is 10.6 Å². The topological polar surface area (TPSA) is 107 Å². The Morgan fingerprint density at radius 3 is 2.92 bits per heavy atom. The van der Waals surface area contributed by atoms with Crippen LogP contribution in [0.3, 0.4) is 0 Å². The van der Waals surface area contributed by atoms with Gasteiger partial charge in [-0.1, -0.05) is 4.73 Å². The normalized spacial score (nSPS) is 10.9. The molecule has 64 valence electrons. The van der Waals surface area contributed by atoms with Crippen LogP contribution in [0, 0.1) is 0 Å². The zero-order valence-electron chi connectivity index (χ0n) is 5.75. The summed E-state index contributed by atoms with van der Waals surface area (Å²) in [4.78, 5) is 22.3. The molecule has 0 radical (unpaired) electrons. The molecule has 1 rings (SSSR count). The second kappa shape index (κ2) is 3.29. The Bertz CT molecular complexity index is 362. The molecule has 0 aliphatic heterocycles. The summed E-state index contributed by atoms with van der Waals surface area (Å²) >= 11 is 0.